The lowest BCUT2D eigenvalue weighted by Crippen LogP contribution is -2.45. The Morgan fingerprint density at radius 2 is 1.16 bits per heavy atom. The Labute approximate surface area is 121 Å². The van der Waals surface area contributed by atoms with Gasteiger partial charge in [-0.1, -0.05) is 20.3 Å². The van der Waals surface area contributed by atoms with E-state index >= 15 is 0 Å². The number of hydrogen-bond donors (Lipinski definition) is 0. The normalized spacial score (nSPS) is 12.9. The first-order valence-electron chi connectivity index (χ1n) is 8.05. The first-order valence-corrected chi connectivity index (χ1v) is 8.05. The van der Waals surface area contributed by atoms with Crippen LogP contribution in [0.2, 0.25) is 0 Å². The van der Waals surface area contributed by atoms with E-state index in [1.807, 2.05) is 0 Å². The average molecular weight is 274 g/mol. The summed E-state index contributed by atoms with van der Waals surface area (Å²) >= 11 is 0. The molecule has 3 heteroatoms. The molecule has 0 heterocycles. The minimum Gasteiger partial charge on any atom is -0.370 e. The van der Waals surface area contributed by atoms with Crippen LogP contribution in [-0.2, 0) is 4.74 Å². The molecule has 0 fully saturated rings. The molecule has 0 saturated heterocycles. The highest BCUT2D eigenvalue weighted by Gasteiger charge is 2.15. The van der Waals surface area contributed by atoms with Crippen LogP contribution in [0.25, 0.3) is 0 Å². The highest BCUT2D eigenvalue weighted by atomic mass is 16.5. The lowest BCUT2D eigenvalue weighted by atomic mass is 10.2. The minimum atomic E-state index is 0.891. The molecule has 116 valence electrons. The summed E-state index contributed by atoms with van der Waals surface area (Å²) in [6.45, 7) is 11.1. The Morgan fingerprint density at radius 1 is 0.632 bits per heavy atom. The van der Waals surface area contributed by atoms with Gasteiger partial charge >= 0.3 is 0 Å². The molecular weight excluding hydrogens is 236 g/mol. The van der Waals surface area contributed by atoms with Crippen molar-refractivity contribution in [3.63, 3.8) is 0 Å². The molecule has 0 aromatic heterocycles. The second-order valence-electron chi connectivity index (χ2n) is 7.09. The lowest BCUT2D eigenvalue weighted by Gasteiger charge is -2.31. The molecule has 19 heavy (non-hydrogen) atoms. The van der Waals surface area contributed by atoms with Crippen LogP contribution in [0.3, 0.4) is 0 Å². The summed E-state index contributed by atoms with van der Waals surface area (Å²) in [5.41, 5.74) is 0. The predicted octanol–water partition coefficient (Wildman–Crippen LogP) is 2.76. The summed E-state index contributed by atoms with van der Waals surface area (Å²) in [5, 5.41) is 0. The zero-order chi connectivity index (χ0) is 14.8. The van der Waals surface area contributed by atoms with Gasteiger partial charge in [0.15, 0.2) is 0 Å². The number of unbranched alkanes of at least 4 members (excludes halogenated alkanes) is 2. The third-order valence-corrected chi connectivity index (χ3v) is 3.88. The maximum absolute atomic E-state index is 5.83. The second-order valence-corrected chi connectivity index (χ2v) is 7.09. The zero-order valence-corrected chi connectivity index (χ0v) is 14.4. The van der Waals surface area contributed by atoms with Gasteiger partial charge in [0, 0.05) is 0 Å². The summed E-state index contributed by atoms with van der Waals surface area (Å²) in [5.74, 6) is 0. The van der Waals surface area contributed by atoms with E-state index in [9.17, 15) is 0 Å². The molecule has 0 aromatic carbocycles. The van der Waals surface area contributed by atoms with Gasteiger partial charge in [-0.3, -0.25) is 0 Å². The molecule has 0 radical (unpaired) electrons. The summed E-state index contributed by atoms with van der Waals surface area (Å²) in [6, 6.07) is 0. The largest absolute Gasteiger partial charge is 0.370 e. The Morgan fingerprint density at radius 3 is 1.63 bits per heavy atom. The molecular formula is C16H38N2O+2. The van der Waals surface area contributed by atoms with Crippen LogP contribution in [0.1, 0.15) is 39.5 Å². The van der Waals surface area contributed by atoms with Crippen LogP contribution in [0.15, 0.2) is 0 Å². The van der Waals surface area contributed by atoms with Crippen molar-refractivity contribution in [3.05, 3.63) is 0 Å². The number of rotatable bonds is 12. The van der Waals surface area contributed by atoms with Gasteiger partial charge in [-0.05, 0) is 19.3 Å². The monoisotopic (exact) mass is 274 g/mol. The van der Waals surface area contributed by atoms with Crippen molar-refractivity contribution in [3.8, 4) is 0 Å². The maximum atomic E-state index is 5.83. The molecule has 0 spiro atoms. The molecule has 0 amide bonds. The van der Waals surface area contributed by atoms with E-state index in [0.717, 1.165) is 35.3 Å². The van der Waals surface area contributed by atoms with E-state index in [-0.39, 0.29) is 0 Å². The Bertz CT molecular complexity index is 215. The van der Waals surface area contributed by atoms with Crippen LogP contribution in [0, 0.1) is 0 Å². The van der Waals surface area contributed by atoms with Crippen LogP contribution in [0.5, 0.6) is 0 Å². The van der Waals surface area contributed by atoms with Gasteiger partial charge in [0.1, 0.15) is 13.1 Å². The first kappa shape index (κ1) is 18.9. The third-order valence-electron chi connectivity index (χ3n) is 3.88. The predicted molar refractivity (Wildman–Crippen MR) is 84.3 cm³/mol. The standard InChI is InChI=1S/C16H38N2O/c1-7-9-10-12-18(5,6)14-16-19-15-13-17(3,4)11-8-2/h7-16H2,1-6H3/q+2. The third kappa shape index (κ3) is 11.4. The fraction of sp³-hybridized carbons (Fsp3) is 1.00. The summed E-state index contributed by atoms with van der Waals surface area (Å²) < 4.78 is 7.99. The molecule has 0 aliphatic rings. The Hall–Kier alpha value is -0.120. The number of likely N-dealkylation sites (N-methyl/N-ethyl adjacent to an activating group) is 2. The van der Waals surface area contributed by atoms with Gasteiger partial charge in [0.05, 0.1) is 54.5 Å². The van der Waals surface area contributed by atoms with E-state index in [0.29, 0.717) is 0 Å². The van der Waals surface area contributed by atoms with Gasteiger partial charge in [-0.2, -0.15) is 0 Å². The topological polar surface area (TPSA) is 9.23 Å². The van der Waals surface area contributed by atoms with E-state index in [1.165, 1.54) is 38.8 Å². The molecule has 0 unspecified atom stereocenters. The lowest BCUT2D eigenvalue weighted by molar-refractivity contribution is -0.894. The van der Waals surface area contributed by atoms with Crippen LogP contribution in [0.4, 0.5) is 0 Å². The summed E-state index contributed by atoms with van der Waals surface area (Å²) in [6.07, 6.45) is 5.24. The number of hydrogen-bond acceptors (Lipinski definition) is 1. The summed E-state index contributed by atoms with van der Waals surface area (Å²) in [7, 11) is 9.21. The number of ether oxygens (including phenoxy) is 1. The van der Waals surface area contributed by atoms with Crippen molar-refractivity contribution in [2.75, 3.05) is 67.6 Å². The van der Waals surface area contributed by atoms with Gasteiger partial charge < -0.3 is 13.7 Å². The minimum absolute atomic E-state index is 0.891. The molecule has 0 saturated carbocycles. The first-order chi connectivity index (χ1) is 8.83. The fourth-order valence-corrected chi connectivity index (χ4v) is 2.34. The number of quaternary nitrogens is 2. The quantitative estimate of drug-likeness (QED) is 0.393. The average Bonchev–Trinajstić information content (AvgIpc) is 2.28. The molecule has 0 aliphatic carbocycles. The molecule has 0 atom stereocenters. The molecule has 3 nitrogen and oxygen atoms in total. The molecule has 0 aliphatic heterocycles. The van der Waals surface area contributed by atoms with Gasteiger partial charge in [-0.15, -0.1) is 0 Å². The van der Waals surface area contributed by atoms with Crippen molar-refractivity contribution in [2.45, 2.75) is 39.5 Å². The number of nitrogens with zero attached hydrogens (tertiary/aromatic N) is 2. The van der Waals surface area contributed by atoms with Crippen LogP contribution < -0.4 is 0 Å². The van der Waals surface area contributed by atoms with Crippen molar-refractivity contribution in [1.29, 1.82) is 0 Å². The Kier molecular flexibility index (Phi) is 9.67. The van der Waals surface area contributed by atoms with Gasteiger partial charge in [0.2, 0.25) is 0 Å². The van der Waals surface area contributed by atoms with Gasteiger partial charge in [-0.25, -0.2) is 0 Å². The van der Waals surface area contributed by atoms with Crippen molar-refractivity contribution < 1.29 is 13.7 Å². The fourth-order valence-electron chi connectivity index (χ4n) is 2.34. The van der Waals surface area contributed by atoms with E-state index in [1.54, 1.807) is 0 Å². The van der Waals surface area contributed by atoms with E-state index in [4.69, 9.17) is 4.74 Å². The van der Waals surface area contributed by atoms with Crippen LogP contribution >= 0.6 is 0 Å². The van der Waals surface area contributed by atoms with Gasteiger partial charge in [0.25, 0.3) is 0 Å². The second kappa shape index (κ2) is 9.73. The molecule has 0 bridgehead atoms. The van der Waals surface area contributed by atoms with Crippen molar-refractivity contribution >= 4 is 0 Å². The van der Waals surface area contributed by atoms with E-state index in [2.05, 4.69) is 42.0 Å². The Balaban J connectivity index is 3.62. The summed E-state index contributed by atoms with van der Waals surface area (Å²) in [4.78, 5) is 0. The molecule has 0 rings (SSSR count). The SMILES string of the molecule is CCCCC[N+](C)(C)CCOCC[N+](C)(C)CCC. The highest BCUT2D eigenvalue weighted by Crippen LogP contribution is 2.04. The van der Waals surface area contributed by atoms with Crippen molar-refractivity contribution in [1.82, 2.24) is 0 Å². The maximum Gasteiger partial charge on any atom is 0.102 e. The van der Waals surface area contributed by atoms with E-state index < -0.39 is 0 Å². The smallest absolute Gasteiger partial charge is 0.102 e. The zero-order valence-electron chi connectivity index (χ0n) is 14.4. The highest BCUT2D eigenvalue weighted by molar-refractivity contribution is 4.40. The molecule has 0 N–H and O–H groups in total. The van der Waals surface area contributed by atoms with Crippen molar-refractivity contribution in [2.24, 2.45) is 0 Å². The van der Waals surface area contributed by atoms with Crippen LogP contribution in [-0.4, -0.2) is 76.5 Å². The molecule has 0 aromatic rings.